The van der Waals surface area contributed by atoms with Crippen LogP contribution < -0.4 is 10.6 Å². The van der Waals surface area contributed by atoms with Gasteiger partial charge in [0.15, 0.2) is 0 Å². The third-order valence-corrected chi connectivity index (χ3v) is 4.07. The predicted octanol–water partition coefficient (Wildman–Crippen LogP) is 2.36. The maximum absolute atomic E-state index is 12.3. The van der Waals surface area contributed by atoms with E-state index in [4.69, 9.17) is 4.74 Å². The summed E-state index contributed by atoms with van der Waals surface area (Å²) in [5, 5.41) is 6.84. The monoisotopic (exact) mass is 303 g/mol. The van der Waals surface area contributed by atoms with Crippen molar-refractivity contribution < 1.29 is 9.53 Å². The Morgan fingerprint density at radius 1 is 1.36 bits per heavy atom. The number of ether oxygens (including phenoxy) is 1. The van der Waals surface area contributed by atoms with Crippen molar-refractivity contribution in [1.29, 1.82) is 0 Å². The first-order valence-electron chi connectivity index (χ1n) is 7.98. The molecule has 120 valence electrons. The lowest BCUT2D eigenvalue weighted by Gasteiger charge is -2.34. The van der Waals surface area contributed by atoms with Crippen molar-refractivity contribution in [3.63, 3.8) is 0 Å². The number of amides is 1. The third-order valence-electron chi connectivity index (χ3n) is 4.07. The number of rotatable bonds is 2. The highest BCUT2D eigenvalue weighted by molar-refractivity contribution is 5.70. The molecule has 1 aromatic carbocycles. The summed E-state index contributed by atoms with van der Waals surface area (Å²) in [5.74, 6) is 0. The van der Waals surface area contributed by atoms with Crippen LogP contribution in [0.3, 0.4) is 0 Å². The zero-order valence-electron chi connectivity index (χ0n) is 13.6. The molecule has 0 saturated carbocycles. The number of anilines is 1. The minimum absolute atomic E-state index is 0.224. The second kappa shape index (κ2) is 5.80. The summed E-state index contributed by atoms with van der Waals surface area (Å²) in [6, 6.07) is 6.85. The number of carbonyl (C=O) groups excluding carboxylic acids is 1. The minimum Gasteiger partial charge on any atom is -0.444 e. The summed E-state index contributed by atoms with van der Waals surface area (Å²) in [6.07, 6.45) is 0.658. The van der Waals surface area contributed by atoms with Gasteiger partial charge in [-0.25, -0.2) is 4.79 Å². The Morgan fingerprint density at radius 2 is 2.14 bits per heavy atom. The summed E-state index contributed by atoms with van der Waals surface area (Å²) < 4.78 is 5.50. The highest BCUT2D eigenvalue weighted by Gasteiger charge is 2.27. The summed E-state index contributed by atoms with van der Waals surface area (Å²) in [6.45, 7) is 9.04. The quantitative estimate of drug-likeness (QED) is 0.881. The van der Waals surface area contributed by atoms with Gasteiger partial charge >= 0.3 is 6.09 Å². The third kappa shape index (κ3) is 3.35. The smallest absolute Gasteiger partial charge is 0.410 e. The fourth-order valence-electron chi connectivity index (χ4n) is 2.81. The van der Waals surface area contributed by atoms with Crippen molar-refractivity contribution in [2.24, 2.45) is 0 Å². The van der Waals surface area contributed by atoms with E-state index >= 15 is 0 Å². The van der Waals surface area contributed by atoms with Crippen LogP contribution >= 0.6 is 0 Å². The van der Waals surface area contributed by atoms with Gasteiger partial charge in [-0.05, 0) is 44.4 Å². The van der Waals surface area contributed by atoms with E-state index in [1.807, 2.05) is 20.8 Å². The molecular formula is C17H25N3O2. The Labute approximate surface area is 132 Å². The summed E-state index contributed by atoms with van der Waals surface area (Å²) >= 11 is 0. The van der Waals surface area contributed by atoms with Crippen LogP contribution in [0.5, 0.6) is 0 Å². The van der Waals surface area contributed by atoms with E-state index in [-0.39, 0.29) is 6.09 Å². The van der Waals surface area contributed by atoms with Crippen LogP contribution in [0.25, 0.3) is 0 Å². The van der Waals surface area contributed by atoms with E-state index in [9.17, 15) is 4.79 Å². The van der Waals surface area contributed by atoms with Gasteiger partial charge in [0.05, 0.1) is 12.6 Å². The number of fused-ring (bicyclic) bond motifs is 1. The summed E-state index contributed by atoms with van der Waals surface area (Å²) in [5.41, 5.74) is 3.26. The fourth-order valence-corrected chi connectivity index (χ4v) is 2.81. The molecule has 0 aliphatic carbocycles. The van der Waals surface area contributed by atoms with Gasteiger partial charge in [0, 0.05) is 25.3 Å². The molecule has 2 aliphatic heterocycles. The number of nitrogens with one attached hydrogen (secondary N) is 2. The first-order valence-corrected chi connectivity index (χ1v) is 7.98. The van der Waals surface area contributed by atoms with Crippen LogP contribution in [-0.4, -0.2) is 42.3 Å². The van der Waals surface area contributed by atoms with Crippen molar-refractivity contribution in [2.45, 2.75) is 45.4 Å². The molecule has 3 rings (SSSR count). The molecule has 2 heterocycles. The van der Waals surface area contributed by atoms with E-state index < -0.39 is 5.60 Å². The lowest BCUT2D eigenvalue weighted by Crippen LogP contribution is -2.51. The SMILES string of the molecule is CC(C)(C)OC(=O)N1CCc2cccc(NC3CNC3)c2C1. The topological polar surface area (TPSA) is 53.6 Å². The predicted molar refractivity (Wildman–Crippen MR) is 87.1 cm³/mol. The molecule has 1 amide bonds. The maximum atomic E-state index is 12.3. The Hall–Kier alpha value is -1.75. The number of carbonyl (C=O) groups is 1. The second-order valence-corrected chi connectivity index (χ2v) is 7.09. The molecule has 0 spiro atoms. The van der Waals surface area contributed by atoms with Gasteiger partial charge in [0.2, 0.25) is 0 Å². The van der Waals surface area contributed by atoms with Crippen molar-refractivity contribution >= 4 is 11.8 Å². The summed E-state index contributed by atoms with van der Waals surface area (Å²) in [7, 11) is 0. The van der Waals surface area contributed by atoms with Crippen LogP contribution in [0.15, 0.2) is 18.2 Å². The second-order valence-electron chi connectivity index (χ2n) is 7.09. The lowest BCUT2D eigenvalue weighted by molar-refractivity contribution is 0.0224. The van der Waals surface area contributed by atoms with Gasteiger partial charge in [0.1, 0.15) is 5.60 Å². The molecule has 1 fully saturated rings. The Kier molecular flexibility index (Phi) is 4.00. The van der Waals surface area contributed by atoms with Crippen molar-refractivity contribution in [3.05, 3.63) is 29.3 Å². The molecule has 0 atom stereocenters. The zero-order valence-corrected chi connectivity index (χ0v) is 13.6. The normalized spacial score (nSPS) is 18.4. The van der Waals surface area contributed by atoms with E-state index in [1.165, 1.54) is 11.1 Å². The molecule has 2 N–H and O–H groups in total. The van der Waals surface area contributed by atoms with Gasteiger partial charge in [-0.3, -0.25) is 0 Å². The fraction of sp³-hybridized carbons (Fsp3) is 0.588. The number of benzene rings is 1. The highest BCUT2D eigenvalue weighted by atomic mass is 16.6. The lowest BCUT2D eigenvalue weighted by atomic mass is 9.97. The molecule has 22 heavy (non-hydrogen) atoms. The van der Waals surface area contributed by atoms with Crippen LogP contribution in [0.2, 0.25) is 0 Å². The van der Waals surface area contributed by atoms with E-state index in [2.05, 4.69) is 28.8 Å². The largest absolute Gasteiger partial charge is 0.444 e. The Morgan fingerprint density at radius 3 is 2.77 bits per heavy atom. The van der Waals surface area contributed by atoms with Crippen molar-refractivity contribution in [3.8, 4) is 0 Å². The molecule has 0 bridgehead atoms. The van der Waals surface area contributed by atoms with Crippen molar-refractivity contribution in [2.75, 3.05) is 25.0 Å². The average molecular weight is 303 g/mol. The van der Waals surface area contributed by atoms with Gasteiger partial charge in [-0.15, -0.1) is 0 Å². The molecule has 1 aromatic rings. The van der Waals surface area contributed by atoms with Crippen LogP contribution in [-0.2, 0) is 17.7 Å². The van der Waals surface area contributed by atoms with Gasteiger partial charge < -0.3 is 20.3 Å². The maximum Gasteiger partial charge on any atom is 0.410 e. The first kappa shape index (κ1) is 15.2. The van der Waals surface area contributed by atoms with Crippen LogP contribution in [0, 0.1) is 0 Å². The number of nitrogens with zero attached hydrogens (tertiary/aromatic N) is 1. The summed E-state index contributed by atoms with van der Waals surface area (Å²) in [4.78, 5) is 14.1. The average Bonchev–Trinajstić information content (AvgIpc) is 2.40. The Bertz CT molecular complexity index is 562. The first-order chi connectivity index (χ1) is 10.4. The molecule has 5 nitrogen and oxygen atoms in total. The standard InChI is InChI=1S/C17H25N3O2/c1-17(2,3)22-16(21)20-8-7-12-5-4-6-15(14(12)11-20)19-13-9-18-10-13/h4-6,13,18-19H,7-11H2,1-3H3. The van der Waals surface area contributed by atoms with Crippen LogP contribution in [0.4, 0.5) is 10.5 Å². The molecule has 0 radical (unpaired) electrons. The van der Waals surface area contributed by atoms with Crippen molar-refractivity contribution in [1.82, 2.24) is 10.2 Å². The molecule has 2 aliphatic rings. The molecule has 0 aromatic heterocycles. The van der Waals surface area contributed by atoms with Gasteiger partial charge in [-0.1, -0.05) is 12.1 Å². The Balaban J connectivity index is 1.74. The zero-order chi connectivity index (χ0) is 15.7. The van der Waals surface area contributed by atoms with Crippen LogP contribution in [0.1, 0.15) is 31.9 Å². The molecule has 0 unspecified atom stereocenters. The highest BCUT2D eigenvalue weighted by Crippen LogP contribution is 2.28. The number of hydrogen-bond acceptors (Lipinski definition) is 4. The number of hydrogen-bond donors (Lipinski definition) is 2. The van der Waals surface area contributed by atoms with E-state index in [0.717, 1.165) is 31.7 Å². The molecule has 1 saturated heterocycles. The minimum atomic E-state index is -0.452. The molecular weight excluding hydrogens is 278 g/mol. The van der Waals surface area contributed by atoms with Gasteiger partial charge in [-0.2, -0.15) is 0 Å². The van der Waals surface area contributed by atoms with Gasteiger partial charge in [0.25, 0.3) is 0 Å². The van der Waals surface area contributed by atoms with E-state index in [0.29, 0.717) is 12.6 Å². The molecule has 5 heteroatoms. The van der Waals surface area contributed by atoms with E-state index in [1.54, 1.807) is 4.90 Å².